The molecule has 1 fully saturated rings. The van der Waals surface area contributed by atoms with E-state index in [2.05, 4.69) is 9.84 Å². The Morgan fingerprint density at radius 2 is 2.24 bits per heavy atom. The molecule has 0 aliphatic heterocycles. The van der Waals surface area contributed by atoms with Gasteiger partial charge in [-0.1, -0.05) is 0 Å². The molecule has 5 heteroatoms. The van der Waals surface area contributed by atoms with Gasteiger partial charge in [0.1, 0.15) is 0 Å². The average molecular weight is 238 g/mol. The number of aliphatic hydroxyl groups excluding tert-OH is 1. The molecule has 0 aromatic carbocycles. The van der Waals surface area contributed by atoms with Crippen molar-refractivity contribution < 1.29 is 14.6 Å². The SMILES string of the molecule is COC(=O)C(O)C1(c2ccnn2C(C)C)CC1. The Hall–Kier alpha value is -1.36. The van der Waals surface area contributed by atoms with Crippen molar-refractivity contribution in [2.45, 2.75) is 44.2 Å². The second kappa shape index (κ2) is 4.14. The van der Waals surface area contributed by atoms with Crippen LogP contribution in [0.25, 0.3) is 0 Å². The molecule has 0 saturated heterocycles. The fourth-order valence-corrected chi connectivity index (χ4v) is 2.26. The summed E-state index contributed by atoms with van der Waals surface area (Å²) in [6, 6.07) is 2.08. The molecule has 1 heterocycles. The second-order valence-electron chi connectivity index (χ2n) is 4.84. The summed E-state index contributed by atoms with van der Waals surface area (Å²) in [5, 5.41) is 14.3. The van der Waals surface area contributed by atoms with E-state index in [1.54, 1.807) is 6.20 Å². The molecule has 0 amide bonds. The summed E-state index contributed by atoms with van der Waals surface area (Å²) in [6.45, 7) is 4.05. The molecule has 1 N–H and O–H groups in total. The van der Waals surface area contributed by atoms with Gasteiger partial charge in [-0.15, -0.1) is 0 Å². The fourth-order valence-electron chi connectivity index (χ4n) is 2.26. The van der Waals surface area contributed by atoms with E-state index in [9.17, 15) is 9.90 Å². The monoisotopic (exact) mass is 238 g/mol. The number of methoxy groups -OCH3 is 1. The predicted molar refractivity (Wildman–Crippen MR) is 61.5 cm³/mol. The normalized spacial score (nSPS) is 19.1. The molecule has 2 rings (SSSR count). The van der Waals surface area contributed by atoms with Crippen LogP contribution in [0.2, 0.25) is 0 Å². The van der Waals surface area contributed by atoms with Crippen molar-refractivity contribution in [2.75, 3.05) is 7.11 Å². The summed E-state index contributed by atoms with van der Waals surface area (Å²) >= 11 is 0. The van der Waals surface area contributed by atoms with E-state index in [1.165, 1.54) is 7.11 Å². The lowest BCUT2D eigenvalue weighted by atomic mass is 9.94. The van der Waals surface area contributed by atoms with Gasteiger partial charge in [0, 0.05) is 23.3 Å². The Balaban J connectivity index is 2.32. The highest BCUT2D eigenvalue weighted by molar-refractivity contribution is 5.77. The zero-order chi connectivity index (χ0) is 12.6. The van der Waals surface area contributed by atoms with E-state index < -0.39 is 17.5 Å². The Morgan fingerprint density at radius 1 is 1.59 bits per heavy atom. The van der Waals surface area contributed by atoms with Gasteiger partial charge < -0.3 is 9.84 Å². The van der Waals surface area contributed by atoms with Gasteiger partial charge in [0.15, 0.2) is 6.10 Å². The second-order valence-corrected chi connectivity index (χ2v) is 4.84. The molecule has 1 atom stereocenters. The number of hydrogen-bond acceptors (Lipinski definition) is 4. The van der Waals surface area contributed by atoms with Gasteiger partial charge in [0.25, 0.3) is 0 Å². The Bertz CT molecular complexity index is 421. The first kappa shape index (κ1) is 12.1. The molecule has 1 aromatic rings. The average Bonchev–Trinajstić information content (AvgIpc) is 2.96. The molecular formula is C12H18N2O3. The Kier molecular flexibility index (Phi) is 2.95. The van der Waals surface area contributed by atoms with E-state index in [4.69, 9.17) is 0 Å². The predicted octanol–water partition coefficient (Wildman–Crippen LogP) is 1.03. The minimum atomic E-state index is -1.10. The maximum Gasteiger partial charge on any atom is 0.335 e. The third kappa shape index (κ3) is 1.84. The van der Waals surface area contributed by atoms with E-state index in [0.29, 0.717) is 0 Å². The molecule has 5 nitrogen and oxygen atoms in total. The number of hydrogen-bond donors (Lipinski definition) is 1. The van der Waals surface area contributed by atoms with E-state index in [-0.39, 0.29) is 6.04 Å². The first-order valence-electron chi connectivity index (χ1n) is 5.83. The van der Waals surface area contributed by atoms with Crippen LogP contribution in [0.5, 0.6) is 0 Å². The van der Waals surface area contributed by atoms with Crippen LogP contribution >= 0.6 is 0 Å². The summed E-state index contributed by atoms with van der Waals surface area (Å²) in [5.41, 5.74) is 0.429. The fraction of sp³-hybridized carbons (Fsp3) is 0.667. The van der Waals surface area contributed by atoms with Crippen LogP contribution in [-0.4, -0.2) is 34.1 Å². The number of nitrogens with zero attached hydrogens (tertiary/aromatic N) is 2. The lowest BCUT2D eigenvalue weighted by molar-refractivity contribution is -0.152. The van der Waals surface area contributed by atoms with Crippen LogP contribution in [0.3, 0.4) is 0 Å². The minimum absolute atomic E-state index is 0.210. The van der Waals surface area contributed by atoms with Gasteiger partial charge in [-0.3, -0.25) is 4.68 Å². The molecule has 1 aromatic heterocycles. The molecular weight excluding hydrogens is 220 g/mol. The molecule has 1 aliphatic rings. The first-order valence-corrected chi connectivity index (χ1v) is 5.83. The third-order valence-corrected chi connectivity index (χ3v) is 3.41. The summed E-state index contributed by atoms with van der Waals surface area (Å²) < 4.78 is 6.48. The lowest BCUT2D eigenvalue weighted by Gasteiger charge is -2.22. The van der Waals surface area contributed by atoms with E-state index >= 15 is 0 Å². The number of ether oxygens (including phenoxy) is 1. The van der Waals surface area contributed by atoms with Crippen molar-refractivity contribution in [3.8, 4) is 0 Å². The van der Waals surface area contributed by atoms with Crippen LogP contribution in [-0.2, 0) is 14.9 Å². The van der Waals surface area contributed by atoms with Crippen molar-refractivity contribution in [2.24, 2.45) is 0 Å². The Morgan fingerprint density at radius 3 is 2.71 bits per heavy atom. The summed E-state index contributed by atoms with van der Waals surface area (Å²) in [5.74, 6) is -0.570. The van der Waals surface area contributed by atoms with Gasteiger partial charge in [0.2, 0.25) is 0 Å². The van der Waals surface area contributed by atoms with E-state index in [0.717, 1.165) is 18.5 Å². The number of rotatable bonds is 4. The molecule has 94 valence electrons. The van der Waals surface area contributed by atoms with Gasteiger partial charge in [-0.25, -0.2) is 4.79 Å². The van der Waals surface area contributed by atoms with Gasteiger partial charge >= 0.3 is 5.97 Å². The Labute approximate surface area is 100 Å². The van der Waals surface area contributed by atoms with Crippen molar-refractivity contribution >= 4 is 5.97 Å². The molecule has 1 aliphatic carbocycles. The summed E-state index contributed by atoms with van der Waals surface area (Å²) in [6.07, 6.45) is 2.20. The van der Waals surface area contributed by atoms with Crippen molar-refractivity contribution in [3.63, 3.8) is 0 Å². The molecule has 0 bridgehead atoms. The molecule has 0 spiro atoms. The number of carbonyl (C=O) groups excluding carboxylic acids is 1. The van der Waals surface area contributed by atoms with Crippen LogP contribution < -0.4 is 0 Å². The van der Waals surface area contributed by atoms with Gasteiger partial charge in [-0.2, -0.15) is 5.10 Å². The van der Waals surface area contributed by atoms with Crippen molar-refractivity contribution in [1.82, 2.24) is 9.78 Å². The summed E-state index contributed by atoms with van der Waals surface area (Å²) in [4.78, 5) is 11.5. The highest BCUT2D eigenvalue weighted by atomic mass is 16.5. The van der Waals surface area contributed by atoms with Crippen LogP contribution in [0, 0.1) is 0 Å². The number of aromatic nitrogens is 2. The zero-order valence-corrected chi connectivity index (χ0v) is 10.4. The van der Waals surface area contributed by atoms with Crippen LogP contribution in [0.4, 0.5) is 0 Å². The maximum absolute atomic E-state index is 11.5. The van der Waals surface area contributed by atoms with Crippen LogP contribution in [0.1, 0.15) is 38.4 Å². The number of aliphatic hydroxyl groups is 1. The van der Waals surface area contributed by atoms with Gasteiger partial charge in [-0.05, 0) is 32.8 Å². The zero-order valence-electron chi connectivity index (χ0n) is 10.4. The van der Waals surface area contributed by atoms with Crippen molar-refractivity contribution in [1.29, 1.82) is 0 Å². The van der Waals surface area contributed by atoms with Gasteiger partial charge in [0.05, 0.1) is 7.11 Å². The number of carbonyl (C=O) groups is 1. The third-order valence-electron chi connectivity index (χ3n) is 3.41. The smallest absolute Gasteiger partial charge is 0.335 e. The molecule has 0 radical (unpaired) electrons. The lowest BCUT2D eigenvalue weighted by Crippen LogP contribution is -2.36. The minimum Gasteiger partial charge on any atom is -0.467 e. The topological polar surface area (TPSA) is 64.3 Å². The largest absolute Gasteiger partial charge is 0.467 e. The van der Waals surface area contributed by atoms with E-state index in [1.807, 2.05) is 24.6 Å². The molecule has 1 unspecified atom stereocenters. The standard InChI is InChI=1S/C12H18N2O3/c1-8(2)14-9(4-7-13-14)12(5-6-12)10(15)11(16)17-3/h4,7-8,10,15H,5-6H2,1-3H3. The molecule has 1 saturated carbocycles. The van der Waals surface area contributed by atoms with Crippen molar-refractivity contribution in [3.05, 3.63) is 18.0 Å². The van der Waals surface area contributed by atoms with Crippen LogP contribution in [0.15, 0.2) is 12.3 Å². The summed E-state index contributed by atoms with van der Waals surface area (Å²) in [7, 11) is 1.29. The highest BCUT2D eigenvalue weighted by Gasteiger charge is 2.55. The first-order chi connectivity index (χ1) is 8.03. The highest BCUT2D eigenvalue weighted by Crippen LogP contribution is 2.51. The number of esters is 1. The quantitative estimate of drug-likeness (QED) is 0.796. The molecule has 17 heavy (non-hydrogen) atoms. The maximum atomic E-state index is 11.5.